The van der Waals surface area contributed by atoms with Gasteiger partial charge in [-0.05, 0) is 37.5 Å². The van der Waals surface area contributed by atoms with Crippen molar-refractivity contribution in [3.05, 3.63) is 29.0 Å². The SMILES string of the molecule is CC(NC(C)C(C)C)c1ccnc(Cl)c1. The fraction of sp³-hybridized carbons (Fsp3) is 0.583. The minimum Gasteiger partial charge on any atom is -0.307 e. The largest absolute Gasteiger partial charge is 0.307 e. The van der Waals surface area contributed by atoms with E-state index in [-0.39, 0.29) is 0 Å². The summed E-state index contributed by atoms with van der Waals surface area (Å²) < 4.78 is 0. The topological polar surface area (TPSA) is 24.9 Å². The second-order valence-electron chi connectivity index (χ2n) is 4.33. The molecule has 1 aromatic heterocycles. The fourth-order valence-electron chi connectivity index (χ4n) is 1.37. The smallest absolute Gasteiger partial charge is 0.129 e. The summed E-state index contributed by atoms with van der Waals surface area (Å²) in [6.07, 6.45) is 1.75. The van der Waals surface area contributed by atoms with E-state index in [0.717, 1.165) is 0 Å². The van der Waals surface area contributed by atoms with Crippen molar-refractivity contribution < 1.29 is 0 Å². The molecule has 0 aliphatic rings. The Bertz CT molecular complexity index is 312. The van der Waals surface area contributed by atoms with Gasteiger partial charge in [0.1, 0.15) is 5.15 Å². The quantitative estimate of drug-likeness (QED) is 0.796. The Labute approximate surface area is 97.1 Å². The van der Waals surface area contributed by atoms with Crippen molar-refractivity contribution in [3.63, 3.8) is 0 Å². The van der Waals surface area contributed by atoms with Gasteiger partial charge in [0.25, 0.3) is 0 Å². The van der Waals surface area contributed by atoms with Gasteiger partial charge in [-0.1, -0.05) is 25.4 Å². The van der Waals surface area contributed by atoms with E-state index in [2.05, 4.69) is 38.0 Å². The molecule has 1 N–H and O–H groups in total. The van der Waals surface area contributed by atoms with E-state index >= 15 is 0 Å². The maximum absolute atomic E-state index is 5.85. The summed E-state index contributed by atoms with van der Waals surface area (Å²) in [7, 11) is 0. The van der Waals surface area contributed by atoms with Crippen molar-refractivity contribution in [1.82, 2.24) is 10.3 Å². The lowest BCUT2D eigenvalue weighted by atomic mass is 10.0. The molecule has 0 spiro atoms. The van der Waals surface area contributed by atoms with E-state index in [1.165, 1.54) is 5.56 Å². The summed E-state index contributed by atoms with van der Waals surface area (Å²) in [5.41, 5.74) is 1.18. The number of pyridine rings is 1. The second kappa shape index (κ2) is 5.47. The van der Waals surface area contributed by atoms with Crippen molar-refractivity contribution in [2.75, 3.05) is 0 Å². The molecule has 1 rings (SSSR count). The molecule has 2 unspecified atom stereocenters. The maximum Gasteiger partial charge on any atom is 0.129 e. The van der Waals surface area contributed by atoms with Crippen molar-refractivity contribution >= 4 is 11.6 Å². The van der Waals surface area contributed by atoms with Crippen LogP contribution in [-0.4, -0.2) is 11.0 Å². The Hall–Kier alpha value is -0.600. The maximum atomic E-state index is 5.85. The van der Waals surface area contributed by atoms with Gasteiger partial charge in [0.2, 0.25) is 0 Å². The number of rotatable bonds is 4. The zero-order valence-electron chi connectivity index (χ0n) is 9.79. The predicted molar refractivity (Wildman–Crippen MR) is 65.1 cm³/mol. The van der Waals surface area contributed by atoms with Gasteiger partial charge in [-0.3, -0.25) is 0 Å². The van der Waals surface area contributed by atoms with E-state index in [4.69, 9.17) is 11.6 Å². The van der Waals surface area contributed by atoms with Crippen LogP contribution in [0.25, 0.3) is 0 Å². The molecule has 0 aliphatic heterocycles. The van der Waals surface area contributed by atoms with Crippen molar-refractivity contribution in [1.29, 1.82) is 0 Å². The fourth-order valence-corrected chi connectivity index (χ4v) is 1.55. The summed E-state index contributed by atoms with van der Waals surface area (Å²) in [6.45, 7) is 8.77. The molecular formula is C12H19ClN2. The third-order valence-electron chi connectivity index (χ3n) is 2.76. The first-order valence-corrected chi connectivity index (χ1v) is 5.76. The van der Waals surface area contributed by atoms with E-state index in [1.54, 1.807) is 6.20 Å². The monoisotopic (exact) mass is 226 g/mol. The first-order chi connectivity index (χ1) is 7.00. The predicted octanol–water partition coefficient (Wildman–Crippen LogP) is 3.43. The van der Waals surface area contributed by atoms with Gasteiger partial charge in [0, 0.05) is 18.3 Å². The Kier molecular flexibility index (Phi) is 4.55. The average molecular weight is 227 g/mol. The molecule has 3 heteroatoms. The van der Waals surface area contributed by atoms with Crippen LogP contribution in [-0.2, 0) is 0 Å². The van der Waals surface area contributed by atoms with E-state index in [0.29, 0.717) is 23.2 Å². The zero-order valence-corrected chi connectivity index (χ0v) is 10.5. The van der Waals surface area contributed by atoms with Crippen molar-refractivity contribution in [3.8, 4) is 0 Å². The van der Waals surface area contributed by atoms with Gasteiger partial charge >= 0.3 is 0 Å². The summed E-state index contributed by atoms with van der Waals surface area (Å²) in [5.74, 6) is 0.629. The highest BCUT2D eigenvalue weighted by atomic mass is 35.5. The molecule has 15 heavy (non-hydrogen) atoms. The number of aromatic nitrogens is 1. The minimum atomic E-state index is 0.308. The van der Waals surface area contributed by atoms with E-state index < -0.39 is 0 Å². The average Bonchev–Trinajstić information content (AvgIpc) is 2.17. The lowest BCUT2D eigenvalue weighted by Crippen LogP contribution is -2.32. The van der Waals surface area contributed by atoms with Crippen LogP contribution < -0.4 is 5.32 Å². The summed E-state index contributed by atoms with van der Waals surface area (Å²) in [5, 5.41) is 4.09. The van der Waals surface area contributed by atoms with Crippen molar-refractivity contribution in [2.45, 2.75) is 39.8 Å². The standard InChI is InChI=1S/C12H19ClN2/c1-8(2)9(3)15-10(4)11-5-6-14-12(13)7-11/h5-10,15H,1-4H3. The van der Waals surface area contributed by atoms with Crippen LogP contribution in [0.1, 0.15) is 39.3 Å². The molecule has 0 amide bonds. The van der Waals surface area contributed by atoms with Crippen LogP contribution in [0.3, 0.4) is 0 Å². The Morgan fingerprint density at radius 3 is 2.47 bits per heavy atom. The molecule has 84 valence electrons. The Balaban J connectivity index is 2.64. The minimum absolute atomic E-state index is 0.308. The van der Waals surface area contributed by atoms with Crippen LogP contribution >= 0.6 is 11.6 Å². The molecule has 0 saturated carbocycles. The highest BCUT2D eigenvalue weighted by Crippen LogP contribution is 2.16. The van der Waals surface area contributed by atoms with Crippen molar-refractivity contribution in [2.24, 2.45) is 5.92 Å². The lowest BCUT2D eigenvalue weighted by Gasteiger charge is -2.23. The second-order valence-corrected chi connectivity index (χ2v) is 4.72. The van der Waals surface area contributed by atoms with Crippen LogP contribution in [0.15, 0.2) is 18.3 Å². The van der Waals surface area contributed by atoms with Crippen LogP contribution in [0.2, 0.25) is 5.15 Å². The van der Waals surface area contributed by atoms with Gasteiger partial charge in [-0.2, -0.15) is 0 Å². The third kappa shape index (κ3) is 3.80. The van der Waals surface area contributed by atoms with Crippen LogP contribution in [0.4, 0.5) is 0 Å². The first-order valence-electron chi connectivity index (χ1n) is 5.38. The summed E-state index contributed by atoms with van der Waals surface area (Å²) >= 11 is 5.85. The third-order valence-corrected chi connectivity index (χ3v) is 2.97. The molecule has 0 bridgehead atoms. The van der Waals surface area contributed by atoms with Gasteiger partial charge in [-0.15, -0.1) is 0 Å². The number of halogens is 1. The van der Waals surface area contributed by atoms with Gasteiger partial charge in [0.15, 0.2) is 0 Å². The number of hydrogen-bond acceptors (Lipinski definition) is 2. The number of nitrogens with one attached hydrogen (secondary N) is 1. The molecular weight excluding hydrogens is 208 g/mol. The zero-order chi connectivity index (χ0) is 11.4. The van der Waals surface area contributed by atoms with Gasteiger partial charge < -0.3 is 5.32 Å². The molecule has 0 saturated heterocycles. The molecule has 1 aromatic rings. The Morgan fingerprint density at radius 2 is 1.93 bits per heavy atom. The lowest BCUT2D eigenvalue weighted by molar-refractivity contribution is 0.389. The summed E-state index contributed by atoms with van der Waals surface area (Å²) in [4.78, 5) is 3.97. The molecule has 2 atom stereocenters. The molecule has 1 heterocycles. The molecule has 2 nitrogen and oxygen atoms in total. The summed E-state index contributed by atoms with van der Waals surface area (Å²) in [6, 6.07) is 4.71. The first kappa shape index (κ1) is 12.5. The van der Waals surface area contributed by atoms with Gasteiger partial charge in [-0.25, -0.2) is 4.98 Å². The number of hydrogen-bond donors (Lipinski definition) is 1. The highest BCUT2D eigenvalue weighted by molar-refractivity contribution is 6.29. The highest BCUT2D eigenvalue weighted by Gasteiger charge is 2.12. The molecule has 0 fully saturated rings. The van der Waals surface area contributed by atoms with Crippen LogP contribution in [0.5, 0.6) is 0 Å². The Morgan fingerprint density at radius 1 is 1.27 bits per heavy atom. The number of nitrogens with zero attached hydrogens (tertiary/aromatic N) is 1. The molecule has 0 radical (unpaired) electrons. The van der Waals surface area contributed by atoms with Gasteiger partial charge in [0.05, 0.1) is 0 Å². The molecule has 0 aliphatic carbocycles. The van der Waals surface area contributed by atoms with E-state index in [9.17, 15) is 0 Å². The normalized spacial score (nSPS) is 15.3. The van der Waals surface area contributed by atoms with E-state index in [1.807, 2.05) is 12.1 Å². The van der Waals surface area contributed by atoms with Crippen LogP contribution in [0, 0.1) is 5.92 Å². The molecule has 0 aromatic carbocycles.